The number of likely N-dealkylation sites (tertiary alicyclic amines) is 1. The van der Waals surface area contributed by atoms with E-state index in [0.717, 1.165) is 50.4 Å². The molecule has 1 N–H and O–H groups in total. The van der Waals surface area contributed by atoms with Gasteiger partial charge in [0.2, 0.25) is 5.91 Å². The third kappa shape index (κ3) is 6.27. The van der Waals surface area contributed by atoms with Gasteiger partial charge in [0.1, 0.15) is 5.75 Å². The summed E-state index contributed by atoms with van der Waals surface area (Å²) in [5.41, 5.74) is 3.83. The van der Waals surface area contributed by atoms with Crippen molar-refractivity contribution < 1.29 is 9.53 Å². The highest BCUT2D eigenvalue weighted by atomic mass is 16.5. The van der Waals surface area contributed by atoms with Gasteiger partial charge in [0, 0.05) is 30.6 Å². The molecule has 2 aromatic carbocycles. The van der Waals surface area contributed by atoms with Crippen molar-refractivity contribution in [2.24, 2.45) is 11.8 Å². The summed E-state index contributed by atoms with van der Waals surface area (Å²) in [5, 5.41) is 3.84. The van der Waals surface area contributed by atoms with Crippen LogP contribution in [0.5, 0.6) is 5.75 Å². The van der Waals surface area contributed by atoms with Crippen LogP contribution >= 0.6 is 0 Å². The van der Waals surface area contributed by atoms with Crippen LogP contribution in [0.2, 0.25) is 0 Å². The summed E-state index contributed by atoms with van der Waals surface area (Å²) in [7, 11) is 1.76. The van der Waals surface area contributed by atoms with E-state index in [4.69, 9.17) is 4.74 Å². The quantitative estimate of drug-likeness (QED) is 0.415. The van der Waals surface area contributed by atoms with E-state index >= 15 is 0 Å². The molecule has 4 nitrogen and oxygen atoms in total. The average molecular weight is 477 g/mol. The third-order valence-electron chi connectivity index (χ3n) is 8.36. The van der Waals surface area contributed by atoms with Gasteiger partial charge in [-0.15, -0.1) is 0 Å². The number of hydrogen-bond donors (Lipinski definition) is 1. The van der Waals surface area contributed by atoms with E-state index in [0.29, 0.717) is 5.91 Å². The lowest BCUT2D eigenvalue weighted by molar-refractivity contribution is -0.137. The Morgan fingerprint density at radius 2 is 1.77 bits per heavy atom. The summed E-state index contributed by atoms with van der Waals surface area (Å²) >= 11 is 0. The molecule has 2 aromatic rings. The SMILES string of the molecule is CCC(CC)Cc1ccc(OC)c(CNC2CCN(C(=O)C3CCCCC3)C2c2ccccc2)c1. The van der Waals surface area contributed by atoms with Crippen LogP contribution in [-0.4, -0.2) is 30.5 Å². The number of hydrogen-bond acceptors (Lipinski definition) is 3. The van der Waals surface area contributed by atoms with Crippen LogP contribution < -0.4 is 10.1 Å². The Balaban J connectivity index is 1.51. The normalized spacial score (nSPS) is 21.0. The summed E-state index contributed by atoms with van der Waals surface area (Å²) in [6.07, 6.45) is 10.3. The fourth-order valence-corrected chi connectivity index (χ4v) is 6.15. The van der Waals surface area contributed by atoms with Crippen LogP contribution in [0.4, 0.5) is 0 Å². The number of carbonyl (C=O) groups is 1. The Hall–Kier alpha value is -2.33. The van der Waals surface area contributed by atoms with Gasteiger partial charge in [0.05, 0.1) is 13.2 Å². The molecular weight excluding hydrogens is 432 g/mol. The Labute approximate surface area is 212 Å². The third-order valence-corrected chi connectivity index (χ3v) is 8.36. The maximum atomic E-state index is 13.6. The fraction of sp³-hybridized carbons (Fsp3) is 0.581. The number of rotatable bonds is 10. The highest BCUT2D eigenvalue weighted by molar-refractivity contribution is 5.80. The number of methoxy groups -OCH3 is 1. The molecule has 35 heavy (non-hydrogen) atoms. The van der Waals surface area contributed by atoms with Crippen molar-refractivity contribution in [2.75, 3.05) is 13.7 Å². The van der Waals surface area contributed by atoms with Gasteiger partial charge < -0.3 is 15.0 Å². The van der Waals surface area contributed by atoms with Gasteiger partial charge >= 0.3 is 0 Å². The van der Waals surface area contributed by atoms with Crippen molar-refractivity contribution >= 4 is 5.91 Å². The lowest BCUT2D eigenvalue weighted by atomic mass is 9.87. The maximum absolute atomic E-state index is 13.6. The molecule has 1 aliphatic heterocycles. The first kappa shape index (κ1) is 25.8. The molecule has 2 aliphatic rings. The molecule has 1 saturated carbocycles. The van der Waals surface area contributed by atoms with Gasteiger partial charge in [-0.05, 0) is 48.8 Å². The summed E-state index contributed by atoms with van der Waals surface area (Å²) in [6.45, 7) is 6.15. The fourth-order valence-electron chi connectivity index (χ4n) is 6.15. The van der Waals surface area contributed by atoms with Crippen molar-refractivity contribution in [1.82, 2.24) is 10.2 Å². The predicted octanol–water partition coefficient (Wildman–Crippen LogP) is 6.69. The van der Waals surface area contributed by atoms with E-state index in [-0.39, 0.29) is 18.0 Å². The second kappa shape index (κ2) is 12.6. The molecule has 0 radical (unpaired) electrons. The molecule has 1 aliphatic carbocycles. The minimum absolute atomic E-state index is 0.0874. The van der Waals surface area contributed by atoms with Crippen molar-refractivity contribution in [1.29, 1.82) is 0 Å². The van der Waals surface area contributed by atoms with Crippen LogP contribution in [0, 0.1) is 11.8 Å². The van der Waals surface area contributed by atoms with Crippen LogP contribution in [0.25, 0.3) is 0 Å². The zero-order valence-electron chi connectivity index (χ0n) is 22.0. The zero-order chi connectivity index (χ0) is 24.6. The molecule has 0 spiro atoms. The molecule has 2 fully saturated rings. The van der Waals surface area contributed by atoms with E-state index < -0.39 is 0 Å². The predicted molar refractivity (Wildman–Crippen MR) is 143 cm³/mol. The van der Waals surface area contributed by atoms with Crippen molar-refractivity contribution in [3.05, 3.63) is 65.2 Å². The number of nitrogens with zero attached hydrogens (tertiary/aromatic N) is 1. The number of ether oxygens (including phenoxy) is 1. The molecule has 0 bridgehead atoms. The maximum Gasteiger partial charge on any atom is 0.226 e. The number of carbonyl (C=O) groups excluding carboxylic acids is 1. The van der Waals surface area contributed by atoms with Crippen LogP contribution in [-0.2, 0) is 17.8 Å². The topological polar surface area (TPSA) is 41.6 Å². The average Bonchev–Trinajstić information content (AvgIpc) is 3.35. The standard InChI is InChI=1S/C31H44N2O2/c1-4-23(5-2)20-24-16-17-29(35-3)27(21-24)22-32-28-18-19-33(30(28)25-12-8-6-9-13-25)31(34)26-14-10-7-11-15-26/h6,8-9,12-13,16-17,21,23,26,28,30,32H,4-5,7,10-11,14-15,18-20,22H2,1-3H3. The lowest BCUT2D eigenvalue weighted by Gasteiger charge is -2.33. The molecule has 4 heteroatoms. The monoisotopic (exact) mass is 476 g/mol. The largest absolute Gasteiger partial charge is 0.496 e. The zero-order valence-corrected chi connectivity index (χ0v) is 22.0. The van der Waals surface area contributed by atoms with Gasteiger partial charge in [-0.25, -0.2) is 0 Å². The van der Waals surface area contributed by atoms with Crippen LogP contribution in [0.3, 0.4) is 0 Å². The minimum Gasteiger partial charge on any atom is -0.496 e. The summed E-state index contributed by atoms with van der Waals surface area (Å²) in [5.74, 6) is 2.24. The second-order valence-electron chi connectivity index (χ2n) is 10.5. The molecule has 2 atom stereocenters. The Morgan fingerprint density at radius 3 is 2.46 bits per heavy atom. The van der Waals surface area contributed by atoms with Gasteiger partial charge in [-0.1, -0.05) is 88.4 Å². The molecular formula is C31H44N2O2. The van der Waals surface area contributed by atoms with Gasteiger partial charge in [0.15, 0.2) is 0 Å². The van der Waals surface area contributed by atoms with E-state index in [1.165, 1.54) is 48.8 Å². The van der Waals surface area contributed by atoms with Gasteiger partial charge in [-0.2, -0.15) is 0 Å². The number of benzene rings is 2. The first-order chi connectivity index (χ1) is 17.1. The summed E-state index contributed by atoms with van der Waals surface area (Å²) in [4.78, 5) is 15.8. The number of nitrogens with one attached hydrogen (secondary N) is 1. The van der Waals surface area contributed by atoms with Crippen molar-refractivity contribution in [2.45, 2.75) is 90.3 Å². The molecule has 1 heterocycles. The molecule has 1 saturated heterocycles. The van der Waals surface area contributed by atoms with Crippen LogP contribution in [0.15, 0.2) is 48.5 Å². The first-order valence-corrected chi connectivity index (χ1v) is 13.9. The van der Waals surface area contributed by atoms with E-state index in [1.807, 2.05) is 0 Å². The molecule has 1 amide bonds. The molecule has 190 valence electrons. The van der Waals surface area contributed by atoms with Crippen molar-refractivity contribution in [3.63, 3.8) is 0 Å². The Bertz CT molecular complexity index is 934. The smallest absolute Gasteiger partial charge is 0.226 e. The molecule has 0 aromatic heterocycles. The first-order valence-electron chi connectivity index (χ1n) is 13.9. The minimum atomic E-state index is 0.0874. The highest BCUT2D eigenvalue weighted by Crippen LogP contribution is 2.36. The summed E-state index contributed by atoms with van der Waals surface area (Å²) < 4.78 is 5.72. The summed E-state index contributed by atoms with van der Waals surface area (Å²) in [6, 6.07) is 17.6. The molecule has 4 rings (SSSR count). The van der Waals surface area contributed by atoms with E-state index in [9.17, 15) is 4.79 Å². The van der Waals surface area contributed by atoms with Gasteiger partial charge in [0.25, 0.3) is 0 Å². The number of amides is 1. The van der Waals surface area contributed by atoms with Crippen molar-refractivity contribution in [3.8, 4) is 5.75 Å². The Morgan fingerprint density at radius 1 is 1.03 bits per heavy atom. The van der Waals surface area contributed by atoms with Crippen LogP contribution in [0.1, 0.15) is 87.9 Å². The lowest BCUT2D eigenvalue weighted by Crippen LogP contribution is -2.41. The van der Waals surface area contributed by atoms with E-state index in [1.54, 1.807) is 7.11 Å². The highest BCUT2D eigenvalue weighted by Gasteiger charge is 2.40. The second-order valence-corrected chi connectivity index (χ2v) is 10.5. The Kier molecular flexibility index (Phi) is 9.25. The molecule has 2 unspecified atom stereocenters. The van der Waals surface area contributed by atoms with Gasteiger partial charge in [-0.3, -0.25) is 4.79 Å². The van der Waals surface area contributed by atoms with E-state index in [2.05, 4.69) is 72.6 Å².